The van der Waals surface area contributed by atoms with Crippen molar-refractivity contribution in [2.24, 2.45) is 0 Å². The number of hydrogen-bond donors (Lipinski definition) is 0. The molecule has 0 saturated heterocycles. The number of halogens is 2. The number of nitrogens with zero attached hydrogens (tertiary/aromatic N) is 2. The van der Waals surface area contributed by atoms with Gasteiger partial charge in [-0.2, -0.15) is 0 Å². The van der Waals surface area contributed by atoms with Gasteiger partial charge >= 0.3 is 5.97 Å². The molecule has 0 aliphatic carbocycles. The van der Waals surface area contributed by atoms with Gasteiger partial charge < -0.3 is 9.64 Å². The minimum Gasteiger partial charge on any atom is -0.463 e. The third-order valence-corrected chi connectivity index (χ3v) is 5.91. The molecule has 2 aromatic rings. The summed E-state index contributed by atoms with van der Waals surface area (Å²) < 4.78 is 6.96. The number of rotatable bonds is 7. The van der Waals surface area contributed by atoms with Crippen LogP contribution in [0.5, 0.6) is 0 Å². The summed E-state index contributed by atoms with van der Waals surface area (Å²) >= 11 is 13.1. The lowest BCUT2D eigenvalue weighted by molar-refractivity contribution is -0.135. The van der Waals surface area contributed by atoms with E-state index in [2.05, 4.69) is 0 Å². The molecule has 0 saturated carbocycles. The molecular weight excluding hydrogens is 435 g/mol. The molecule has 156 valence electrons. The molecule has 2 rings (SSSR count). The molecular formula is C20H22Cl2N2O4S. The Kier molecular flexibility index (Phi) is 8.49. The van der Waals surface area contributed by atoms with Crippen molar-refractivity contribution in [2.75, 3.05) is 19.7 Å². The Morgan fingerprint density at radius 1 is 1.17 bits per heavy atom. The second-order valence-corrected chi connectivity index (χ2v) is 7.85. The molecule has 0 fully saturated rings. The van der Waals surface area contributed by atoms with Gasteiger partial charge in [-0.25, -0.2) is 4.79 Å². The van der Waals surface area contributed by atoms with Crippen molar-refractivity contribution in [3.63, 3.8) is 0 Å². The number of carbonyl (C=O) groups excluding carboxylic acids is 2. The number of esters is 1. The maximum atomic E-state index is 13.0. The summed E-state index contributed by atoms with van der Waals surface area (Å²) in [6.45, 7) is 6.56. The van der Waals surface area contributed by atoms with E-state index in [1.807, 2.05) is 13.8 Å². The van der Waals surface area contributed by atoms with E-state index in [1.54, 1.807) is 36.1 Å². The first-order valence-corrected chi connectivity index (χ1v) is 10.7. The highest BCUT2D eigenvalue weighted by Crippen LogP contribution is 2.22. The van der Waals surface area contributed by atoms with Crippen molar-refractivity contribution in [1.82, 2.24) is 9.47 Å². The number of thiazole rings is 1. The first-order valence-electron chi connectivity index (χ1n) is 9.13. The standard InChI is InChI=1S/C20H22Cl2N2O4S/c1-4-23(5-2)17(25)12-24-18(11-19(26)28-6-3)29-16(20(24)27)10-13-7-8-14(21)15(22)9-13/h7-11H,4-6,12H2,1-3H3/b16-10-,18-11-. The molecule has 0 radical (unpaired) electrons. The summed E-state index contributed by atoms with van der Waals surface area (Å²) in [4.78, 5) is 39.1. The van der Waals surface area contributed by atoms with Crippen LogP contribution in [0.3, 0.4) is 0 Å². The van der Waals surface area contributed by atoms with Gasteiger partial charge in [0.15, 0.2) is 0 Å². The fraction of sp³-hybridized carbons (Fsp3) is 0.350. The lowest BCUT2D eigenvalue weighted by Gasteiger charge is -2.18. The van der Waals surface area contributed by atoms with E-state index in [-0.39, 0.29) is 24.6 Å². The van der Waals surface area contributed by atoms with Gasteiger partial charge in [0, 0.05) is 13.1 Å². The zero-order valence-electron chi connectivity index (χ0n) is 16.4. The number of amides is 1. The smallest absolute Gasteiger partial charge is 0.333 e. The van der Waals surface area contributed by atoms with Crippen molar-refractivity contribution >= 4 is 58.6 Å². The molecule has 0 bridgehead atoms. The first-order chi connectivity index (χ1) is 13.8. The number of hydrogen-bond acceptors (Lipinski definition) is 5. The third kappa shape index (κ3) is 5.95. The topological polar surface area (TPSA) is 68.6 Å². The van der Waals surface area contributed by atoms with Crippen LogP contribution in [0.15, 0.2) is 23.0 Å². The van der Waals surface area contributed by atoms with E-state index >= 15 is 0 Å². The van der Waals surface area contributed by atoms with Crippen LogP contribution >= 0.6 is 34.5 Å². The van der Waals surface area contributed by atoms with Crippen LogP contribution in [0.4, 0.5) is 0 Å². The predicted octanol–water partition coefficient (Wildman–Crippen LogP) is 2.26. The summed E-state index contributed by atoms with van der Waals surface area (Å²) in [7, 11) is 0. The highest BCUT2D eigenvalue weighted by molar-refractivity contribution is 7.07. The Balaban J connectivity index is 2.60. The molecule has 0 atom stereocenters. The fourth-order valence-corrected chi connectivity index (χ4v) is 3.98. The molecule has 0 spiro atoms. The number of ether oxygens (including phenoxy) is 1. The van der Waals surface area contributed by atoms with Gasteiger partial charge in [0.2, 0.25) is 5.91 Å². The second-order valence-electron chi connectivity index (χ2n) is 5.98. The zero-order valence-corrected chi connectivity index (χ0v) is 18.7. The minimum atomic E-state index is -0.570. The largest absolute Gasteiger partial charge is 0.463 e. The molecule has 0 N–H and O–H groups in total. The molecule has 1 heterocycles. The summed E-state index contributed by atoms with van der Waals surface area (Å²) in [6, 6.07) is 5.01. The maximum Gasteiger partial charge on any atom is 0.333 e. The number of aromatic nitrogens is 1. The minimum absolute atomic E-state index is 0.155. The van der Waals surface area contributed by atoms with E-state index in [4.69, 9.17) is 27.9 Å². The van der Waals surface area contributed by atoms with Crippen molar-refractivity contribution < 1.29 is 14.3 Å². The Morgan fingerprint density at radius 3 is 2.45 bits per heavy atom. The first kappa shape index (κ1) is 23.2. The van der Waals surface area contributed by atoms with Gasteiger partial charge in [0.1, 0.15) is 11.2 Å². The highest BCUT2D eigenvalue weighted by atomic mass is 35.5. The van der Waals surface area contributed by atoms with E-state index in [1.165, 1.54) is 10.6 Å². The van der Waals surface area contributed by atoms with E-state index < -0.39 is 5.97 Å². The Hall–Kier alpha value is -2.09. The fourth-order valence-electron chi connectivity index (χ4n) is 2.64. The van der Waals surface area contributed by atoms with Crippen LogP contribution in [0, 0.1) is 0 Å². The molecule has 0 aliphatic heterocycles. The molecule has 1 amide bonds. The van der Waals surface area contributed by atoms with Gasteiger partial charge in [0.05, 0.1) is 27.3 Å². The summed E-state index contributed by atoms with van der Waals surface area (Å²) in [5.74, 6) is -0.770. The molecule has 9 heteroatoms. The van der Waals surface area contributed by atoms with Crippen LogP contribution in [-0.4, -0.2) is 41.0 Å². The van der Waals surface area contributed by atoms with Gasteiger partial charge in [-0.1, -0.05) is 29.3 Å². The number of carbonyl (C=O) groups is 2. The van der Waals surface area contributed by atoms with Gasteiger partial charge in [-0.3, -0.25) is 14.2 Å². The quantitative estimate of drug-likeness (QED) is 0.599. The summed E-state index contributed by atoms with van der Waals surface area (Å²) in [5.41, 5.74) is 0.319. The SMILES string of the molecule is CCOC(=O)/C=c1\s/c(=C\c2ccc(Cl)c(Cl)c2)c(=O)n1CC(=O)N(CC)CC. The van der Waals surface area contributed by atoms with E-state index in [0.717, 1.165) is 11.3 Å². The average Bonchev–Trinajstić information content (AvgIpc) is 2.94. The molecule has 6 nitrogen and oxygen atoms in total. The lowest BCUT2D eigenvalue weighted by atomic mass is 10.2. The van der Waals surface area contributed by atoms with Crippen LogP contribution < -0.4 is 14.8 Å². The second kappa shape index (κ2) is 10.6. The van der Waals surface area contributed by atoms with Gasteiger partial charge in [-0.05, 0) is 44.5 Å². The molecule has 0 aliphatic rings. The Labute approximate surface area is 182 Å². The van der Waals surface area contributed by atoms with Crippen LogP contribution in [0.1, 0.15) is 26.3 Å². The normalized spacial score (nSPS) is 12.3. The maximum absolute atomic E-state index is 13.0. The van der Waals surface area contributed by atoms with E-state index in [9.17, 15) is 14.4 Å². The number of benzene rings is 1. The van der Waals surface area contributed by atoms with Crippen molar-refractivity contribution in [1.29, 1.82) is 0 Å². The summed E-state index contributed by atoms with van der Waals surface area (Å²) in [5, 5.41) is 0.779. The predicted molar refractivity (Wildman–Crippen MR) is 117 cm³/mol. The monoisotopic (exact) mass is 456 g/mol. The Morgan fingerprint density at radius 2 is 1.86 bits per heavy atom. The van der Waals surface area contributed by atoms with Crippen molar-refractivity contribution in [3.8, 4) is 0 Å². The van der Waals surface area contributed by atoms with Crippen LogP contribution in [-0.2, 0) is 20.9 Å². The van der Waals surface area contributed by atoms with Crippen LogP contribution in [0.25, 0.3) is 12.2 Å². The van der Waals surface area contributed by atoms with Crippen molar-refractivity contribution in [2.45, 2.75) is 27.3 Å². The van der Waals surface area contributed by atoms with Gasteiger partial charge in [0.25, 0.3) is 5.56 Å². The van der Waals surface area contributed by atoms with E-state index in [0.29, 0.717) is 37.9 Å². The molecule has 1 aromatic heterocycles. The lowest BCUT2D eigenvalue weighted by Crippen LogP contribution is -2.40. The Bertz CT molecular complexity index is 1070. The molecule has 1 aromatic carbocycles. The molecule has 0 unspecified atom stereocenters. The summed E-state index contributed by atoms with van der Waals surface area (Å²) in [6.07, 6.45) is 2.88. The zero-order chi connectivity index (χ0) is 21.6. The van der Waals surface area contributed by atoms with Crippen LogP contribution in [0.2, 0.25) is 10.0 Å². The van der Waals surface area contributed by atoms with Gasteiger partial charge in [-0.15, -0.1) is 11.3 Å². The molecule has 29 heavy (non-hydrogen) atoms. The third-order valence-electron chi connectivity index (χ3n) is 4.12. The number of likely N-dealkylation sites (N-methyl/N-ethyl adjacent to an activating group) is 1. The average molecular weight is 457 g/mol. The van der Waals surface area contributed by atoms with Crippen molar-refractivity contribution in [3.05, 3.63) is 53.4 Å². The highest BCUT2D eigenvalue weighted by Gasteiger charge is 2.15.